The second-order valence-electron chi connectivity index (χ2n) is 5.99. The fraction of sp³-hybridized carbons (Fsp3) is 0.100. The second-order valence-corrected chi connectivity index (χ2v) is 5.99. The summed E-state index contributed by atoms with van der Waals surface area (Å²) < 4.78 is 13.8. The molecule has 2 heterocycles. The van der Waals surface area contributed by atoms with Crippen LogP contribution < -0.4 is 5.73 Å². The maximum absolute atomic E-state index is 13.8. The van der Waals surface area contributed by atoms with Crippen molar-refractivity contribution in [3.05, 3.63) is 84.2 Å². The SMILES string of the molecule is NC(Cc1ccccc1F)c1nc2ccc(-c3ccncc3)cc2[nH]1. The minimum atomic E-state index is -0.395. The molecule has 0 aliphatic rings. The van der Waals surface area contributed by atoms with E-state index in [1.807, 2.05) is 36.4 Å². The van der Waals surface area contributed by atoms with Gasteiger partial charge in [0.15, 0.2) is 0 Å². The van der Waals surface area contributed by atoms with E-state index in [0.29, 0.717) is 17.8 Å². The monoisotopic (exact) mass is 332 g/mol. The summed E-state index contributed by atoms with van der Waals surface area (Å²) in [6.07, 6.45) is 3.92. The molecule has 2 aromatic carbocycles. The average molecular weight is 332 g/mol. The van der Waals surface area contributed by atoms with E-state index in [-0.39, 0.29) is 5.82 Å². The zero-order valence-electron chi connectivity index (χ0n) is 13.5. The molecule has 4 aromatic rings. The van der Waals surface area contributed by atoms with Gasteiger partial charge in [-0.2, -0.15) is 0 Å². The number of nitrogens with two attached hydrogens (primary N) is 1. The number of nitrogens with zero attached hydrogens (tertiary/aromatic N) is 2. The Morgan fingerprint density at radius 1 is 1.00 bits per heavy atom. The summed E-state index contributed by atoms with van der Waals surface area (Å²) in [5, 5.41) is 0. The lowest BCUT2D eigenvalue weighted by Crippen LogP contribution is -2.15. The first kappa shape index (κ1) is 15.5. The Balaban J connectivity index is 1.64. The molecule has 5 heteroatoms. The Morgan fingerprint density at radius 2 is 1.80 bits per heavy atom. The standard InChI is InChI=1S/C20H17FN4/c21-16-4-2-1-3-15(16)11-17(22)20-24-18-6-5-14(12-19(18)25-20)13-7-9-23-10-8-13/h1-10,12,17H,11,22H2,(H,24,25). The van der Waals surface area contributed by atoms with Crippen molar-refractivity contribution < 1.29 is 4.39 Å². The third kappa shape index (κ3) is 3.14. The van der Waals surface area contributed by atoms with Gasteiger partial charge in [0, 0.05) is 12.4 Å². The van der Waals surface area contributed by atoms with Gasteiger partial charge in [0.05, 0.1) is 17.1 Å². The summed E-state index contributed by atoms with van der Waals surface area (Å²) >= 11 is 0. The molecule has 0 bridgehead atoms. The third-order valence-corrected chi connectivity index (χ3v) is 4.26. The summed E-state index contributed by atoms with van der Waals surface area (Å²) in [6.45, 7) is 0. The van der Waals surface area contributed by atoms with Crippen molar-refractivity contribution in [3.63, 3.8) is 0 Å². The van der Waals surface area contributed by atoms with Gasteiger partial charge in [-0.1, -0.05) is 24.3 Å². The van der Waals surface area contributed by atoms with Crippen LogP contribution >= 0.6 is 0 Å². The van der Waals surface area contributed by atoms with Crippen LogP contribution in [0.3, 0.4) is 0 Å². The van der Waals surface area contributed by atoms with Crippen LogP contribution in [0.15, 0.2) is 67.0 Å². The Hall–Kier alpha value is -3.05. The fourth-order valence-electron chi connectivity index (χ4n) is 2.93. The predicted molar refractivity (Wildman–Crippen MR) is 96.4 cm³/mol. The molecule has 0 radical (unpaired) electrons. The number of aromatic amines is 1. The number of hydrogen-bond acceptors (Lipinski definition) is 3. The van der Waals surface area contributed by atoms with Gasteiger partial charge < -0.3 is 10.7 Å². The van der Waals surface area contributed by atoms with Crippen LogP contribution in [-0.2, 0) is 6.42 Å². The second kappa shape index (κ2) is 6.45. The zero-order chi connectivity index (χ0) is 17.2. The summed E-state index contributed by atoms with van der Waals surface area (Å²) in [4.78, 5) is 11.9. The molecule has 1 unspecified atom stereocenters. The molecule has 124 valence electrons. The van der Waals surface area contributed by atoms with E-state index in [0.717, 1.165) is 22.2 Å². The molecule has 3 N–H and O–H groups in total. The van der Waals surface area contributed by atoms with Crippen molar-refractivity contribution in [1.82, 2.24) is 15.0 Å². The van der Waals surface area contributed by atoms with Crippen molar-refractivity contribution >= 4 is 11.0 Å². The molecule has 1 atom stereocenters. The van der Waals surface area contributed by atoms with E-state index in [2.05, 4.69) is 15.0 Å². The molecule has 0 saturated heterocycles. The average Bonchev–Trinajstić information content (AvgIpc) is 3.08. The number of fused-ring (bicyclic) bond motifs is 1. The van der Waals surface area contributed by atoms with E-state index in [1.165, 1.54) is 6.07 Å². The van der Waals surface area contributed by atoms with Gasteiger partial charge in [-0.3, -0.25) is 4.98 Å². The number of imidazole rings is 1. The van der Waals surface area contributed by atoms with E-state index in [1.54, 1.807) is 24.5 Å². The number of pyridine rings is 1. The van der Waals surface area contributed by atoms with E-state index >= 15 is 0 Å². The number of rotatable bonds is 4. The van der Waals surface area contributed by atoms with Crippen LogP contribution in [0.2, 0.25) is 0 Å². The topological polar surface area (TPSA) is 67.6 Å². The lowest BCUT2D eigenvalue weighted by atomic mass is 10.1. The predicted octanol–water partition coefficient (Wildman–Crippen LogP) is 4.01. The quantitative estimate of drug-likeness (QED) is 0.593. The molecule has 0 spiro atoms. The largest absolute Gasteiger partial charge is 0.341 e. The van der Waals surface area contributed by atoms with Crippen LogP contribution in [0.1, 0.15) is 17.4 Å². The van der Waals surface area contributed by atoms with Gasteiger partial charge in [0.2, 0.25) is 0 Å². The Labute approximate surface area is 144 Å². The first-order valence-corrected chi connectivity index (χ1v) is 8.10. The van der Waals surface area contributed by atoms with Gasteiger partial charge in [0.25, 0.3) is 0 Å². The normalized spacial score (nSPS) is 12.4. The number of H-pyrrole nitrogens is 1. The molecule has 4 rings (SSSR count). The van der Waals surface area contributed by atoms with E-state index in [4.69, 9.17) is 5.73 Å². The third-order valence-electron chi connectivity index (χ3n) is 4.26. The lowest BCUT2D eigenvalue weighted by molar-refractivity contribution is 0.587. The van der Waals surface area contributed by atoms with E-state index < -0.39 is 6.04 Å². The number of aromatic nitrogens is 3. The van der Waals surface area contributed by atoms with Crippen LogP contribution in [0.4, 0.5) is 4.39 Å². The van der Waals surface area contributed by atoms with Gasteiger partial charge in [-0.15, -0.1) is 0 Å². The molecule has 4 nitrogen and oxygen atoms in total. The molecular formula is C20H17FN4. The molecular weight excluding hydrogens is 315 g/mol. The van der Waals surface area contributed by atoms with Gasteiger partial charge >= 0.3 is 0 Å². The minimum Gasteiger partial charge on any atom is -0.341 e. The maximum atomic E-state index is 13.8. The first-order chi connectivity index (χ1) is 12.2. The highest BCUT2D eigenvalue weighted by molar-refractivity contribution is 5.82. The van der Waals surface area contributed by atoms with Gasteiger partial charge in [-0.25, -0.2) is 9.37 Å². The molecule has 0 aliphatic heterocycles. The molecule has 0 saturated carbocycles. The maximum Gasteiger partial charge on any atom is 0.126 e. The van der Waals surface area contributed by atoms with E-state index in [9.17, 15) is 4.39 Å². The Kier molecular flexibility index (Phi) is 3.99. The molecule has 0 fully saturated rings. The van der Waals surface area contributed by atoms with Crippen molar-refractivity contribution in [2.45, 2.75) is 12.5 Å². The van der Waals surface area contributed by atoms with Crippen molar-refractivity contribution in [3.8, 4) is 11.1 Å². The van der Waals surface area contributed by atoms with Gasteiger partial charge in [0.1, 0.15) is 11.6 Å². The highest BCUT2D eigenvalue weighted by atomic mass is 19.1. The number of halogens is 1. The summed E-state index contributed by atoms with van der Waals surface area (Å²) in [7, 11) is 0. The smallest absolute Gasteiger partial charge is 0.126 e. The first-order valence-electron chi connectivity index (χ1n) is 8.10. The van der Waals surface area contributed by atoms with Crippen LogP contribution in [0.5, 0.6) is 0 Å². The summed E-state index contributed by atoms with van der Waals surface area (Å²) in [5.74, 6) is 0.416. The zero-order valence-corrected chi connectivity index (χ0v) is 13.5. The van der Waals surface area contributed by atoms with Crippen molar-refractivity contribution in [2.24, 2.45) is 5.73 Å². The molecule has 0 amide bonds. The van der Waals surface area contributed by atoms with Gasteiger partial charge in [-0.05, 0) is 53.4 Å². The molecule has 25 heavy (non-hydrogen) atoms. The van der Waals surface area contributed by atoms with Crippen LogP contribution in [0.25, 0.3) is 22.2 Å². The molecule has 0 aliphatic carbocycles. The summed E-state index contributed by atoms with van der Waals surface area (Å²) in [5.41, 5.74) is 10.7. The number of benzene rings is 2. The Bertz CT molecular complexity index is 1010. The van der Waals surface area contributed by atoms with Crippen LogP contribution in [0, 0.1) is 5.82 Å². The fourth-order valence-corrected chi connectivity index (χ4v) is 2.93. The summed E-state index contributed by atoms with van der Waals surface area (Å²) in [6, 6.07) is 16.2. The highest BCUT2D eigenvalue weighted by Gasteiger charge is 2.14. The Morgan fingerprint density at radius 3 is 2.60 bits per heavy atom. The number of nitrogens with one attached hydrogen (secondary N) is 1. The molecule has 2 aromatic heterocycles. The highest BCUT2D eigenvalue weighted by Crippen LogP contribution is 2.24. The van der Waals surface area contributed by atoms with Crippen molar-refractivity contribution in [1.29, 1.82) is 0 Å². The number of hydrogen-bond donors (Lipinski definition) is 2. The van der Waals surface area contributed by atoms with Crippen molar-refractivity contribution in [2.75, 3.05) is 0 Å². The lowest BCUT2D eigenvalue weighted by Gasteiger charge is -2.09. The van der Waals surface area contributed by atoms with Crippen LogP contribution in [-0.4, -0.2) is 15.0 Å². The minimum absolute atomic E-state index is 0.242.